The van der Waals surface area contributed by atoms with Gasteiger partial charge in [0.15, 0.2) is 0 Å². The minimum atomic E-state index is -0.425. The zero-order valence-corrected chi connectivity index (χ0v) is 13.8. The van der Waals surface area contributed by atoms with Crippen LogP contribution in [0.4, 0.5) is 5.69 Å². The zero-order chi connectivity index (χ0) is 17.5. The van der Waals surface area contributed by atoms with Gasteiger partial charge in [-0.2, -0.15) is 0 Å². The van der Waals surface area contributed by atoms with Crippen LogP contribution in [-0.2, 0) is 5.54 Å². The first-order valence-corrected chi connectivity index (χ1v) is 8.54. The van der Waals surface area contributed by atoms with Gasteiger partial charge < -0.3 is 11.1 Å². The molecule has 2 aromatic carbocycles. The van der Waals surface area contributed by atoms with E-state index in [0.717, 1.165) is 39.4 Å². The molecule has 26 heavy (non-hydrogen) atoms. The summed E-state index contributed by atoms with van der Waals surface area (Å²) in [6.45, 7) is 0.759. The van der Waals surface area contributed by atoms with Crippen molar-refractivity contribution in [2.75, 3.05) is 11.9 Å². The quantitative estimate of drug-likeness (QED) is 0.487. The number of carbonyl (C=O) groups is 1. The van der Waals surface area contributed by atoms with E-state index >= 15 is 0 Å². The highest BCUT2D eigenvalue weighted by molar-refractivity contribution is 6.01. The number of aromatic amines is 1. The van der Waals surface area contributed by atoms with E-state index in [0.29, 0.717) is 5.56 Å². The van der Waals surface area contributed by atoms with E-state index in [1.165, 1.54) is 5.56 Å². The highest BCUT2D eigenvalue weighted by atomic mass is 16.1. The molecule has 2 aliphatic rings. The van der Waals surface area contributed by atoms with E-state index in [1.54, 1.807) is 12.1 Å². The molecule has 0 aliphatic carbocycles. The number of hydrogen-bond donors (Lipinski definition) is 3. The lowest BCUT2D eigenvalue weighted by molar-refractivity contribution is 0.100. The molecule has 0 saturated heterocycles. The lowest BCUT2D eigenvalue weighted by atomic mass is 9.93. The highest BCUT2D eigenvalue weighted by Crippen LogP contribution is 2.39. The molecule has 4 aromatic rings. The van der Waals surface area contributed by atoms with Crippen molar-refractivity contribution in [3.05, 3.63) is 70.4 Å². The summed E-state index contributed by atoms with van der Waals surface area (Å²) in [5.74, 6) is -0.425. The van der Waals surface area contributed by atoms with Gasteiger partial charge in [0.05, 0.1) is 21.7 Å². The maximum Gasteiger partial charge on any atom is 0.248 e. The van der Waals surface area contributed by atoms with Gasteiger partial charge in [0.1, 0.15) is 5.54 Å². The molecule has 0 fully saturated rings. The van der Waals surface area contributed by atoms with Gasteiger partial charge in [-0.3, -0.25) is 19.4 Å². The number of benzene rings is 2. The van der Waals surface area contributed by atoms with Gasteiger partial charge in [-0.25, -0.2) is 0 Å². The fourth-order valence-corrected chi connectivity index (χ4v) is 4.23. The van der Waals surface area contributed by atoms with Gasteiger partial charge in [0.2, 0.25) is 5.91 Å². The molecule has 4 N–H and O–H groups in total. The number of fused-ring (bicyclic) bond motifs is 7. The second-order valence-corrected chi connectivity index (χ2v) is 6.95. The van der Waals surface area contributed by atoms with Crippen LogP contribution in [0.25, 0.3) is 22.5 Å². The third-order valence-corrected chi connectivity index (χ3v) is 5.47. The molecule has 0 saturated carbocycles. The van der Waals surface area contributed by atoms with Crippen molar-refractivity contribution in [2.45, 2.75) is 5.54 Å². The number of carbonyl (C=O) groups excluding carboxylic acids is 1. The molecule has 4 heterocycles. The molecule has 6 heteroatoms. The SMILES string of the molecule is NC(=O)c1ccc2c(c1)[nH]n1c3c(cc21)=NC1(C=3)CNc2ccccc21. The fraction of sp³-hybridized carbons (Fsp3) is 0.100. The average molecular weight is 341 g/mol. The number of nitrogens with zero attached hydrogens (tertiary/aromatic N) is 2. The number of hydrogen-bond acceptors (Lipinski definition) is 3. The van der Waals surface area contributed by atoms with Crippen molar-refractivity contribution in [2.24, 2.45) is 10.7 Å². The van der Waals surface area contributed by atoms with Crippen LogP contribution in [-0.4, -0.2) is 22.1 Å². The molecule has 1 unspecified atom stereocenters. The summed E-state index contributed by atoms with van der Waals surface area (Å²) in [6.07, 6.45) is 2.22. The van der Waals surface area contributed by atoms with Gasteiger partial charge in [0.25, 0.3) is 0 Å². The molecular formula is C20H15N5O. The smallest absolute Gasteiger partial charge is 0.248 e. The second kappa shape index (κ2) is 4.35. The van der Waals surface area contributed by atoms with Crippen molar-refractivity contribution in [3.63, 3.8) is 0 Å². The molecule has 6 rings (SSSR count). The van der Waals surface area contributed by atoms with E-state index in [2.05, 4.69) is 40.8 Å². The first-order chi connectivity index (χ1) is 12.6. The molecule has 0 radical (unpaired) electrons. The Hall–Kier alpha value is -3.54. The molecule has 2 aromatic heterocycles. The van der Waals surface area contributed by atoms with Crippen molar-refractivity contribution in [1.29, 1.82) is 0 Å². The number of nitrogens with one attached hydrogen (secondary N) is 2. The number of rotatable bonds is 1. The number of aromatic nitrogens is 2. The molecule has 1 spiro atoms. The Kier molecular flexibility index (Phi) is 2.29. The van der Waals surface area contributed by atoms with E-state index in [9.17, 15) is 4.79 Å². The predicted molar refractivity (Wildman–Crippen MR) is 99.6 cm³/mol. The number of amides is 1. The lowest BCUT2D eigenvalue weighted by Gasteiger charge is -2.17. The lowest BCUT2D eigenvalue weighted by Crippen LogP contribution is -2.23. The highest BCUT2D eigenvalue weighted by Gasteiger charge is 2.39. The second-order valence-electron chi connectivity index (χ2n) is 6.95. The van der Waals surface area contributed by atoms with Crippen molar-refractivity contribution in [3.8, 4) is 0 Å². The summed E-state index contributed by atoms with van der Waals surface area (Å²) < 4.78 is 2.05. The number of nitrogens with two attached hydrogens (primary N) is 1. The number of H-pyrrole nitrogens is 1. The van der Waals surface area contributed by atoms with Crippen LogP contribution < -0.4 is 21.8 Å². The summed E-state index contributed by atoms with van der Waals surface area (Å²) in [4.78, 5) is 16.5. The summed E-state index contributed by atoms with van der Waals surface area (Å²) in [5, 5.41) is 9.92. The minimum Gasteiger partial charge on any atom is -0.382 e. The van der Waals surface area contributed by atoms with Crippen LogP contribution in [0, 0.1) is 0 Å². The van der Waals surface area contributed by atoms with Gasteiger partial charge in [-0.1, -0.05) is 18.2 Å². The Morgan fingerprint density at radius 3 is 2.96 bits per heavy atom. The van der Waals surface area contributed by atoms with Crippen LogP contribution in [0.1, 0.15) is 15.9 Å². The Bertz CT molecular complexity index is 1380. The zero-order valence-electron chi connectivity index (χ0n) is 13.8. The van der Waals surface area contributed by atoms with Gasteiger partial charge in [0, 0.05) is 28.7 Å². The van der Waals surface area contributed by atoms with Crippen LogP contribution >= 0.6 is 0 Å². The van der Waals surface area contributed by atoms with Crippen LogP contribution in [0.2, 0.25) is 0 Å². The van der Waals surface area contributed by atoms with Gasteiger partial charge in [-0.05, 0) is 36.4 Å². The topological polar surface area (TPSA) is 87.7 Å². The Morgan fingerprint density at radius 1 is 1.19 bits per heavy atom. The van der Waals surface area contributed by atoms with Crippen LogP contribution in [0.5, 0.6) is 0 Å². The summed E-state index contributed by atoms with van der Waals surface area (Å²) in [5.41, 5.74) is 9.83. The Labute approximate surface area is 147 Å². The monoisotopic (exact) mass is 341 g/mol. The summed E-state index contributed by atoms with van der Waals surface area (Å²) in [6, 6.07) is 15.9. The first-order valence-electron chi connectivity index (χ1n) is 8.54. The molecule has 0 bridgehead atoms. The van der Waals surface area contributed by atoms with E-state index in [4.69, 9.17) is 10.7 Å². The molecule has 1 amide bonds. The summed E-state index contributed by atoms with van der Waals surface area (Å²) >= 11 is 0. The summed E-state index contributed by atoms with van der Waals surface area (Å²) in [7, 11) is 0. The largest absolute Gasteiger partial charge is 0.382 e. The van der Waals surface area contributed by atoms with E-state index < -0.39 is 5.91 Å². The maximum atomic E-state index is 11.4. The number of primary amides is 1. The Balaban J connectivity index is 1.63. The van der Waals surface area contributed by atoms with Crippen LogP contribution in [0.15, 0.2) is 53.5 Å². The van der Waals surface area contributed by atoms with Crippen molar-refractivity contribution >= 4 is 34.1 Å². The fourth-order valence-electron chi connectivity index (χ4n) is 4.23. The standard InChI is InChI=1S/C20H15N5O/c21-19(26)11-5-6-12-15(7-11)24-25-17(12)8-16-18(25)9-20(23-16)10-22-14-4-2-1-3-13(14)20/h1-9,22,24H,10H2,(H2,21,26). The number of para-hydroxylation sites is 1. The molecular weight excluding hydrogens is 326 g/mol. The maximum absolute atomic E-state index is 11.4. The number of anilines is 1. The van der Waals surface area contributed by atoms with E-state index in [-0.39, 0.29) is 5.54 Å². The minimum absolute atomic E-state index is 0.349. The normalized spacial score (nSPS) is 20.0. The van der Waals surface area contributed by atoms with Crippen molar-refractivity contribution < 1.29 is 4.79 Å². The molecule has 126 valence electrons. The molecule has 2 aliphatic heterocycles. The Morgan fingerprint density at radius 2 is 2.08 bits per heavy atom. The van der Waals surface area contributed by atoms with Crippen molar-refractivity contribution in [1.82, 2.24) is 9.61 Å². The predicted octanol–water partition coefficient (Wildman–Crippen LogP) is 1.25. The third kappa shape index (κ3) is 1.56. The van der Waals surface area contributed by atoms with Gasteiger partial charge >= 0.3 is 0 Å². The molecule has 1 atom stereocenters. The van der Waals surface area contributed by atoms with Crippen LogP contribution in [0.3, 0.4) is 0 Å². The average Bonchev–Trinajstić information content (AvgIpc) is 3.35. The molecule has 6 nitrogen and oxygen atoms in total. The van der Waals surface area contributed by atoms with Gasteiger partial charge in [-0.15, -0.1) is 0 Å². The third-order valence-electron chi connectivity index (χ3n) is 5.47. The van der Waals surface area contributed by atoms with E-state index in [1.807, 2.05) is 16.6 Å². The first kappa shape index (κ1) is 13.7.